The van der Waals surface area contributed by atoms with Crippen molar-refractivity contribution < 1.29 is 15.0 Å². The van der Waals surface area contributed by atoms with E-state index in [2.05, 4.69) is 17.0 Å². The van der Waals surface area contributed by atoms with Gasteiger partial charge in [0.2, 0.25) is 0 Å². The molecule has 1 saturated heterocycles. The Labute approximate surface area is 131 Å². The second-order valence-corrected chi connectivity index (χ2v) is 6.80. The van der Waals surface area contributed by atoms with Gasteiger partial charge in [-0.3, -0.25) is 9.69 Å². The summed E-state index contributed by atoms with van der Waals surface area (Å²) in [6.45, 7) is 1.53. The number of likely N-dealkylation sites (tertiary alicyclic amines) is 1. The van der Waals surface area contributed by atoms with Crippen molar-refractivity contribution in [1.29, 1.82) is 0 Å². The molecule has 3 atom stereocenters. The Morgan fingerprint density at radius 1 is 1.23 bits per heavy atom. The first kappa shape index (κ1) is 15.5. The molecule has 3 rings (SSSR count). The van der Waals surface area contributed by atoms with Crippen LogP contribution in [0.4, 0.5) is 0 Å². The molecule has 4 nitrogen and oxygen atoms in total. The molecular weight excluding hydrogens is 278 g/mol. The molecule has 120 valence electrons. The van der Waals surface area contributed by atoms with Crippen LogP contribution in [-0.2, 0) is 4.79 Å². The fraction of sp³-hybridized carbons (Fsp3) is 0.611. The molecular formula is C18H25NO3. The van der Waals surface area contributed by atoms with Gasteiger partial charge >= 0.3 is 5.97 Å². The van der Waals surface area contributed by atoms with Gasteiger partial charge in [0, 0.05) is 31.5 Å². The number of hydrogen-bond donors (Lipinski definition) is 2. The van der Waals surface area contributed by atoms with E-state index in [0.717, 1.165) is 13.0 Å². The van der Waals surface area contributed by atoms with Crippen LogP contribution >= 0.6 is 0 Å². The van der Waals surface area contributed by atoms with Crippen LogP contribution in [0, 0.1) is 11.8 Å². The van der Waals surface area contributed by atoms with Crippen LogP contribution in [0.1, 0.15) is 37.2 Å². The molecule has 22 heavy (non-hydrogen) atoms. The van der Waals surface area contributed by atoms with Gasteiger partial charge in [-0.2, -0.15) is 0 Å². The highest BCUT2D eigenvalue weighted by atomic mass is 16.4. The first-order valence-corrected chi connectivity index (χ1v) is 8.31. The average Bonchev–Trinajstić information content (AvgIpc) is 2.90. The second-order valence-electron chi connectivity index (χ2n) is 6.80. The maximum atomic E-state index is 11.7. The van der Waals surface area contributed by atoms with Gasteiger partial charge in [0.1, 0.15) is 6.04 Å². The lowest BCUT2D eigenvalue weighted by molar-refractivity contribution is -0.144. The topological polar surface area (TPSA) is 60.8 Å². The zero-order valence-electron chi connectivity index (χ0n) is 12.9. The Morgan fingerprint density at radius 3 is 2.50 bits per heavy atom. The van der Waals surface area contributed by atoms with Crippen molar-refractivity contribution in [2.75, 3.05) is 19.7 Å². The van der Waals surface area contributed by atoms with Crippen molar-refractivity contribution in [2.45, 2.75) is 37.6 Å². The molecule has 1 heterocycles. The number of carboxylic acid groups (broad SMARTS) is 1. The van der Waals surface area contributed by atoms with E-state index < -0.39 is 12.0 Å². The number of nitrogens with zero attached hydrogens (tertiary/aromatic N) is 1. The van der Waals surface area contributed by atoms with Crippen molar-refractivity contribution in [3.63, 3.8) is 0 Å². The highest BCUT2D eigenvalue weighted by Gasteiger charge is 2.40. The van der Waals surface area contributed by atoms with E-state index in [9.17, 15) is 15.0 Å². The quantitative estimate of drug-likeness (QED) is 0.847. The van der Waals surface area contributed by atoms with E-state index in [-0.39, 0.29) is 18.4 Å². The van der Waals surface area contributed by atoms with Gasteiger partial charge in [0.05, 0.1) is 0 Å². The Morgan fingerprint density at radius 2 is 1.95 bits per heavy atom. The average molecular weight is 303 g/mol. The van der Waals surface area contributed by atoms with Gasteiger partial charge in [-0.05, 0) is 17.9 Å². The second kappa shape index (κ2) is 6.80. The minimum atomic E-state index is -0.711. The number of aliphatic hydroxyl groups excluding tert-OH is 1. The highest BCUT2D eigenvalue weighted by molar-refractivity contribution is 5.73. The van der Waals surface area contributed by atoms with Crippen molar-refractivity contribution in [2.24, 2.45) is 11.8 Å². The molecule has 2 fully saturated rings. The minimum absolute atomic E-state index is 0.117. The van der Waals surface area contributed by atoms with Gasteiger partial charge in [-0.1, -0.05) is 49.6 Å². The van der Waals surface area contributed by atoms with Gasteiger partial charge in [0.25, 0.3) is 0 Å². The third kappa shape index (κ3) is 3.18. The summed E-state index contributed by atoms with van der Waals surface area (Å²) in [4.78, 5) is 13.8. The summed E-state index contributed by atoms with van der Waals surface area (Å²) in [5, 5.41) is 19.3. The Hall–Kier alpha value is -1.39. The summed E-state index contributed by atoms with van der Waals surface area (Å²) in [6.07, 6.45) is 4.34. The van der Waals surface area contributed by atoms with E-state index in [1.54, 1.807) is 0 Å². The molecule has 0 aromatic heterocycles. The number of carboxylic acids is 1. The first-order valence-electron chi connectivity index (χ1n) is 8.31. The van der Waals surface area contributed by atoms with E-state index in [4.69, 9.17) is 0 Å². The highest BCUT2D eigenvalue weighted by Crippen LogP contribution is 2.37. The fourth-order valence-corrected chi connectivity index (χ4v) is 3.87. The smallest absolute Gasteiger partial charge is 0.320 e. The van der Waals surface area contributed by atoms with E-state index >= 15 is 0 Å². The molecule has 0 radical (unpaired) electrons. The molecule has 1 saturated carbocycles. The van der Waals surface area contributed by atoms with E-state index in [1.165, 1.54) is 24.8 Å². The summed E-state index contributed by atoms with van der Waals surface area (Å²) in [6, 6.07) is 9.77. The lowest BCUT2D eigenvalue weighted by Gasteiger charge is -2.32. The van der Waals surface area contributed by atoms with Crippen LogP contribution in [0.25, 0.3) is 0 Å². The summed E-state index contributed by atoms with van der Waals surface area (Å²) in [7, 11) is 0. The van der Waals surface area contributed by atoms with Gasteiger partial charge in [0.15, 0.2) is 0 Å². The SMILES string of the molecule is O=C(O)C(CC1CCC1)N1CC(CO)C(c2ccccc2)C1. The van der Waals surface area contributed by atoms with Crippen LogP contribution in [0.15, 0.2) is 30.3 Å². The molecule has 2 aliphatic rings. The predicted molar refractivity (Wildman–Crippen MR) is 84.7 cm³/mol. The molecule has 1 aromatic rings. The number of carbonyl (C=O) groups is 1. The molecule has 1 aliphatic heterocycles. The van der Waals surface area contributed by atoms with Crippen LogP contribution < -0.4 is 0 Å². The van der Waals surface area contributed by atoms with Crippen LogP contribution in [0.5, 0.6) is 0 Å². The number of rotatable bonds is 6. The molecule has 0 amide bonds. The van der Waals surface area contributed by atoms with Crippen molar-refractivity contribution in [3.8, 4) is 0 Å². The maximum Gasteiger partial charge on any atom is 0.320 e. The van der Waals surface area contributed by atoms with Gasteiger partial charge in [-0.15, -0.1) is 0 Å². The number of aliphatic hydroxyl groups is 1. The standard InChI is InChI=1S/C18H25NO3/c20-12-15-10-19(11-16(15)14-7-2-1-3-8-14)17(18(21)22)9-13-5-4-6-13/h1-3,7-8,13,15-17,20H,4-6,9-12H2,(H,21,22). The molecule has 0 bridgehead atoms. The zero-order valence-corrected chi connectivity index (χ0v) is 12.9. The van der Waals surface area contributed by atoms with Crippen LogP contribution in [0.2, 0.25) is 0 Å². The largest absolute Gasteiger partial charge is 0.480 e. The molecule has 1 aromatic carbocycles. The Balaban J connectivity index is 1.72. The van der Waals surface area contributed by atoms with Crippen molar-refractivity contribution >= 4 is 5.97 Å². The summed E-state index contributed by atoms with van der Waals surface area (Å²) >= 11 is 0. The van der Waals surface area contributed by atoms with Crippen LogP contribution in [0.3, 0.4) is 0 Å². The number of benzene rings is 1. The van der Waals surface area contributed by atoms with Gasteiger partial charge in [-0.25, -0.2) is 0 Å². The molecule has 2 N–H and O–H groups in total. The monoisotopic (exact) mass is 303 g/mol. The Bertz CT molecular complexity index is 500. The molecule has 1 aliphatic carbocycles. The van der Waals surface area contributed by atoms with E-state index in [0.29, 0.717) is 12.5 Å². The lowest BCUT2D eigenvalue weighted by atomic mass is 9.80. The van der Waals surface area contributed by atoms with Gasteiger partial charge < -0.3 is 10.2 Å². The summed E-state index contributed by atoms with van der Waals surface area (Å²) in [5.41, 5.74) is 1.21. The first-order chi connectivity index (χ1) is 10.7. The molecule has 0 spiro atoms. The van der Waals surface area contributed by atoms with Crippen LogP contribution in [-0.4, -0.2) is 46.8 Å². The Kier molecular flexibility index (Phi) is 4.79. The minimum Gasteiger partial charge on any atom is -0.480 e. The lowest BCUT2D eigenvalue weighted by Crippen LogP contribution is -2.42. The third-order valence-electron chi connectivity index (χ3n) is 5.44. The summed E-state index contributed by atoms with van der Waals surface area (Å²) in [5.74, 6) is 0.224. The fourth-order valence-electron chi connectivity index (χ4n) is 3.87. The summed E-state index contributed by atoms with van der Waals surface area (Å²) < 4.78 is 0. The maximum absolute atomic E-state index is 11.7. The number of hydrogen-bond acceptors (Lipinski definition) is 3. The number of aliphatic carboxylic acids is 1. The van der Waals surface area contributed by atoms with E-state index in [1.807, 2.05) is 18.2 Å². The normalized spacial score (nSPS) is 27.5. The molecule has 4 heteroatoms. The predicted octanol–water partition coefficient (Wildman–Crippen LogP) is 2.34. The zero-order chi connectivity index (χ0) is 15.5. The van der Waals surface area contributed by atoms with Crippen molar-refractivity contribution in [1.82, 2.24) is 4.90 Å². The third-order valence-corrected chi connectivity index (χ3v) is 5.44. The molecule has 3 unspecified atom stereocenters. The van der Waals surface area contributed by atoms with Crippen molar-refractivity contribution in [3.05, 3.63) is 35.9 Å².